The van der Waals surface area contributed by atoms with Gasteiger partial charge in [-0.3, -0.25) is 19.6 Å². The molecule has 3 aliphatic heterocycles. The maximum absolute atomic E-state index is 14.8. The second-order valence-corrected chi connectivity index (χ2v) is 18.5. The van der Waals surface area contributed by atoms with Crippen LogP contribution in [-0.2, 0) is 9.59 Å². The molecule has 0 radical (unpaired) electrons. The number of hydrogen-bond donors (Lipinski definition) is 2. The smallest absolute Gasteiger partial charge is 0.240 e. The highest BCUT2D eigenvalue weighted by molar-refractivity contribution is 5.81. The van der Waals surface area contributed by atoms with Crippen molar-refractivity contribution in [1.82, 2.24) is 30.7 Å². The fourth-order valence-corrected chi connectivity index (χ4v) is 14.8. The van der Waals surface area contributed by atoms with E-state index in [0.717, 1.165) is 69.4 Å². The minimum absolute atomic E-state index is 0.225. The van der Waals surface area contributed by atoms with Gasteiger partial charge < -0.3 is 9.80 Å². The Morgan fingerprint density at radius 1 is 0.592 bits per heavy atom. The molecule has 9 aliphatic rings. The third-order valence-electron chi connectivity index (χ3n) is 16.9. The number of amides is 2. The third kappa shape index (κ3) is 5.75. The highest BCUT2D eigenvalue weighted by Crippen LogP contribution is 2.63. The highest BCUT2D eigenvalue weighted by Gasteiger charge is 2.64. The van der Waals surface area contributed by atoms with Crippen molar-refractivity contribution in [3.8, 4) is 0 Å². The van der Waals surface area contributed by atoms with Gasteiger partial charge in [-0.2, -0.15) is 0 Å². The molecule has 0 spiro atoms. The number of likely N-dealkylation sites (tertiary alicyclic amines) is 1. The van der Waals surface area contributed by atoms with Gasteiger partial charge in [0.2, 0.25) is 11.8 Å². The first-order valence-corrected chi connectivity index (χ1v) is 21.7. The predicted molar refractivity (Wildman–Crippen MR) is 193 cm³/mol. The maximum atomic E-state index is 14.8. The molecule has 0 aromatic heterocycles. The van der Waals surface area contributed by atoms with Gasteiger partial charge in [0.1, 0.15) is 0 Å². The van der Waals surface area contributed by atoms with Crippen LogP contribution in [0.4, 0.5) is 0 Å². The monoisotopic (exact) mass is 677 g/mol. The zero-order valence-electron chi connectivity index (χ0n) is 31.0. The largest absolute Gasteiger partial charge is 0.302 e. The van der Waals surface area contributed by atoms with Crippen LogP contribution in [0.3, 0.4) is 0 Å². The van der Waals surface area contributed by atoms with Crippen LogP contribution < -0.4 is 10.9 Å². The molecule has 14 unspecified atom stereocenters. The Kier molecular flexibility index (Phi) is 9.58. The number of fused-ring (bicyclic) bond motifs is 6. The van der Waals surface area contributed by atoms with Gasteiger partial charge in [0.05, 0.1) is 13.1 Å². The molecule has 14 atom stereocenters. The minimum atomic E-state index is 0.225. The van der Waals surface area contributed by atoms with Crippen LogP contribution in [0.5, 0.6) is 0 Å². The SMILES string of the molecule is CCN(CC)CCN1NC2C3CCC(C4CCC5C6CCCCC6C6NN(CCN7CCCCC7)C(=O)C4C56)CC3C3CCCC(C1=O)C32. The second kappa shape index (κ2) is 14.0. The predicted octanol–water partition coefficient (Wildman–Crippen LogP) is 5.40. The van der Waals surface area contributed by atoms with E-state index < -0.39 is 0 Å². The van der Waals surface area contributed by atoms with E-state index in [0.29, 0.717) is 59.4 Å². The summed E-state index contributed by atoms with van der Waals surface area (Å²) in [6, 6.07) is 0.990. The third-order valence-corrected chi connectivity index (χ3v) is 16.9. The molecule has 0 aromatic rings. The van der Waals surface area contributed by atoms with E-state index in [1.165, 1.54) is 103 Å². The first-order chi connectivity index (χ1) is 24.1. The van der Waals surface area contributed by atoms with Crippen LogP contribution in [-0.4, -0.2) is 96.1 Å². The van der Waals surface area contributed by atoms with E-state index in [1.807, 2.05) is 0 Å². The summed E-state index contributed by atoms with van der Waals surface area (Å²) in [5.74, 6) is 8.15. The Hall–Kier alpha value is -1.22. The highest BCUT2D eigenvalue weighted by atomic mass is 16.2. The van der Waals surface area contributed by atoms with Gasteiger partial charge in [-0.1, -0.05) is 39.5 Å². The van der Waals surface area contributed by atoms with E-state index in [2.05, 4.69) is 44.5 Å². The van der Waals surface area contributed by atoms with Crippen LogP contribution in [0.15, 0.2) is 0 Å². The molecule has 3 heterocycles. The molecular formula is C41H68N6O2. The van der Waals surface area contributed by atoms with Crippen molar-refractivity contribution in [2.75, 3.05) is 52.4 Å². The summed E-state index contributed by atoms with van der Waals surface area (Å²) in [6.45, 7) is 12.6. The molecule has 9 rings (SSSR count). The van der Waals surface area contributed by atoms with Gasteiger partial charge >= 0.3 is 0 Å². The molecule has 6 aliphatic carbocycles. The Morgan fingerprint density at radius 2 is 1.24 bits per heavy atom. The first kappa shape index (κ1) is 33.6. The van der Waals surface area contributed by atoms with E-state index in [-0.39, 0.29) is 11.8 Å². The average Bonchev–Trinajstić information content (AvgIpc) is 3.64. The molecule has 0 bridgehead atoms. The summed E-state index contributed by atoms with van der Waals surface area (Å²) in [4.78, 5) is 33.8. The van der Waals surface area contributed by atoms with Crippen molar-refractivity contribution in [2.24, 2.45) is 71.0 Å². The van der Waals surface area contributed by atoms with Crippen molar-refractivity contribution >= 4 is 11.8 Å². The fourth-order valence-electron chi connectivity index (χ4n) is 14.8. The summed E-state index contributed by atoms with van der Waals surface area (Å²) in [7, 11) is 0. The topological polar surface area (TPSA) is 71.2 Å². The number of nitrogens with zero attached hydrogens (tertiary/aromatic N) is 4. The number of rotatable bonds is 9. The lowest BCUT2D eigenvalue weighted by atomic mass is 9.57. The van der Waals surface area contributed by atoms with Gasteiger partial charge in [0, 0.05) is 37.0 Å². The first-order valence-electron chi connectivity index (χ1n) is 21.7. The molecule has 9 fully saturated rings. The number of carbonyl (C=O) groups is 2. The zero-order chi connectivity index (χ0) is 33.2. The Labute approximate surface area is 297 Å². The Bertz CT molecular complexity index is 1200. The molecule has 8 nitrogen and oxygen atoms in total. The van der Waals surface area contributed by atoms with Crippen LogP contribution in [0, 0.1) is 71.0 Å². The van der Waals surface area contributed by atoms with Crippen molar-refractivity contribution in [1.29, 1.82) is 0 Å². The normalized spacial score (nSPS) is 46.4. The number of hydrazine groups is 2. The molecule has 274 valence electrons. The van der Waals surface area contributed by atoms with E-state index in [1.54, 1.807) is 0 Å². The summed E-state index contributed by atoms with van der Waals surface area (Å²) >= 11 is 0. The maximum Gasteiger partial charge on any atom is 0.240 e. The number of likely N-dealkylation sites (N-methyl/N-ethyl adjacent to an activating group) is 1. The molecule has 8 heteroatoms. The van der Waals surface area contributed by atoms with E-state index in [9.17, 15) is 9.59 Å². The fraction of sp³-hybridized carbons (Fsp3) is 0.951. The molecule has 2 amide bonds. The van der Waals surface area contributed by atoms with Crippen molar-refractivity contribution in [2.45, 2.75) is 122 Å². The summed E-state index contributed by atoms with van der Waals surface area (Å²) in [5.41, 5.74) is 7.92. The summed E-state index contributed by atoms with van der Waals surface area (Å²) in [6.07, 6.45) is 19.7. The number of piperidine rings is 1. The van der Waals surface area contributed by atoms with Gasteiger partial charge in [-0.05, 0) is 156 Å². The lowest BCUT2D eigenvalue weighted by Gasteiger charge is -2.52. The summed E-state index contributed by atoms with van der Waals surface area (Å²) in [5, 5.41) is 4.27. The molecule has 49 heavy (non-hydrogen) atoms. The number of nitrogens with one attached hydrogen (secondary N) is 2. The second-order valence-electron chi connectivity index (χ2n) is 18.5. The molecule has 0 aromatic carbocycles. The number of hydrogen-bond acceptors (Lipinski definition) is 6. The van der Waals surface area contributed by atoms with Crippen LogP contribution >= 0.6 is 0 Å². The van der Waals surface area contributed by atoms with Crippen molar-refractivity contribution in [3.63, 3.8) is 0 Å². The standard InChI is InChI=1S/C41H68N6O2/c1-3-44(4-2)21-23-46-40(48)33-14-10-13-29-34-25-26(15-16-32(34)38(42-46)35(29)33)27-17-18-30-28-11-6-7-12-31(28)39-36(30)37(27)41(49)47(43-39)24-22-45-19-8-5-9-20-45/h26-39,42-43H,3-25H2,1-2H3. The Morgan fingerprint density at radius 3 is 2.04 bits per heavy atom. The lowest BCUT2D eigenvalue weighted by Crippen LogP contribution is -2.65. The van der Waals surface area contributed by atoms with Crippen LogP contribution in [0.2, 0.25) is 0 Å². The molecule has 2 N–H and O–H groups in total. The van der Waals surface area contributed by atoms with E-state index in [4.69, 9.17) is 0 Å². The molecule has 3 saturated heterocycles. The van der Waals surface area contributed by atoms with Gasteiger partial charge in [-0.15, -0.1) is 0 Å². The number of carbonyl (C=O) groups excluding carboxylic acids is 2. The Balaban J connectivity index is 0.941. The van der Waals surface area contributed by atoms with Crippen LogP contribution in [0.25, 0.3) is 0 Å². The van der Waals surface area contributed by atoms with Gasteiger partial charge in [0.15, 0.2) is 0 Å². The minimum Gasteiger partial charge on any atom is -0.302 e. The molecule has 6 saturated carbocycles. The summed E-state index contributed by atoms with van der Waals surface area (Å²) < 4.78 is 0. The van der Waals surface area contributed by atoms with Crippen molar-refractivity contribution in [3.05, 3.63) is 0 Å². The van der Waals surface area contributed by atoms with Crippen LogP contribution in [0.1, 0.15) is 110 Å². The lowest BCUT2D eigenvalue weighted by molar-refractivity contribution is -0.159. The molecular weight excluding hydrogens is 608 g/mol. The van der Waals surface area contributed by atoms with Crippen molar-refractivity contribution < 1.29 is 9.59 Å². The van der Waals surface area contributed by atoms with Gasteiger partial charge in [-0.25, -0.2) is 10.9 Å². The van der Waals surface area contributed by atoms with Gasteiger partial charge in [0.25, 0.3) is 0 Å². The quantitative estimate of drug-likeness (QED) is 0.341. The average molecular weight is 677 g/mol. The van der Waals surface area contributed by atoms with E-state index >= 15 is 0 Å². The zero-order valence-corrected chi connectivity index (χ0v) is 31.0.